The van der Waals surface area contributed by atoms with E-state index in [1.165, 1.54) is 5.56 Å². The molecule has 0 saturated carbocycles. The van der Waals surface area contributed by atoms with Crippen LogP contribution in [-0.4, -0.2) is 0 Å². The van der Waals surface area contributed by atoms with E-state index in [4.69, 9.17) is 23.2 Å². The largest absolute Gasteiger partial charge is 0.131 e. The molecule has 0 aliphatic heterocycles. The minimum atomic E-state index is -0.135. The summed E-state index contributed by atoms with van der Waals surface area (Å²) in [5, 5.41) is 0.629. The molecular weight excluding hydrogens is 339 g/mol. The Labute approximate surface area is 124 Å². The smallest absolute Gasteiger partial charge is 0.0931 e. The van der Waals surface area contributed by atoms with Crippen LogP contribution in [0.3, 0.4) is 0 Å². The van der Waals surface area contributed by atoms with Crippen molar-refractivity contribution in [1.29, 1.82) is 0 Å². The van der Waals surface area contributed by atoms with Crippen LogP contribution in [0.4, 0.5) is 0 Å². The second-order valence-corrected chi connectivity index (χ2v) is 7.17. The van der Waals surface area contributed by atoms with Crippen LogP contribution < -0.4 is 0 Å². The van der Waals surface area contributed by atoms with Gasteiger partial charge in [-0.3, -0.25) is 0 Å². The molecule has 0 fully saturated rings. The number of benzene rings is 1. The number of thiophene rings is 1. The maximum Gasteiger partial charge on any atom is 0.0931 e. The summed E-state index contributed by atoms with van der Waals surface area (Å²) in [6.45, 7) is 4.07. The van der Waals surface area contributed by atoms with Gasteiger partial charge in [0, 0.05) is 9.90 Å². The summed E-state index contributed by atoms with van der Waals surface area (Å²) in [6, 6.07) is 7.98. The zero-order valence-corrected chi connectivity index (χ0v) is 13.3. The van der Waals surface area contributed by atoms with Gasteiger partial charge < -0.3 is 0 Å². The average Bonchev–Trinajstić information content (AvgIpc) is 2.62. The highest BCUT2D eigenvalue weighted by molar-refractivity contribution is 9.11. The molecule has 2 rings (SSSR count). The number of halogens is 3. The van der Waals surface area contributed by atoms with Crippen molar-refractivity contribution in [3.63, 3.8) is 0 Å². The van der Waals surface area contributed by atoms with Gasteiger partial charge in [0.2, 0.25) is 0 Å². The lowest BCUT2D eigenvalue weighted by molar-refractivity contribution is 1.14. The number of aryl methyl sites for hydroxylation is 1. The molecule has 1 atom stereocenters. The number of alkyl halides is 1. The van der Waals surface area contributed by atoms with Gasteiger partial charge in [0.15, 0.2) is 0 Å². The number of hydrogen-bond donors (Lipinski definition) is 0. The molecule has 1 aromatic carbocycles. The fraction of sp³-hybridized carbons (Fsp3) is 0.231. The third-order valence-electron chi connectivity index (χ3n) is 2.71. The molecule has 0 amide bonds. The first-order valence-electron chi connectivity index (χ1n) is 5.15. The van der Waals surface area contributed by atoms with Crippen molar-refractivity contribution in [3.8, 4) is 0 Å². The van der Waals surface area contributed by atoms with Gasteiger partial charge in [0.1, 0.15) is 0 Å². The van der Waals surface area contributed by atoms with Crippen LogP contribution in [0.1, 0.15) is 26.9 Å². The number of hydrogen-bond acceptors (Lipinski definition) is 1. The molecule has 1 aromatic heterocycles. The van der Waals surface area contributed by atoms with E-state index in [2.05, 4.69) is 28.9 Å². The molecule has 0 spiro atoms. The molecule has 1 heterocycles. The van der Waals surface area contributed by atoms with E-state index in [1.54, 1.807) is 11.3 Å². The second-order valence-electron chi connectivity index (χ2n) is 3.92. The first-order valence-corrected chi connectivity index (χ1v) is 7.58. The van der Waals surface area contributed by atoms with Crippen molar-refractivity contribution in [2.75, 3.05) is 0 Å². The van der Waals surface area contributed by atoms with Gasteiger partial charge >= 0.3 is 0 Å². The zero-order valence-electron chi connectivity index (χ0n) is 9.43. The zero-order chi connectivity index (χ0) is 12.6. The lowest BCUT2D eigenvalue weighted by Gasteiger charge is -2.12. The minimum Gasteiger partial charge on any atom is -0.131 e. The standard InChI is InChI=1S/C13H11BrCl2S/c1-7-6-11(17-13(7)14)12(16)9-4-3-5-10(15)8(9)2/h3-6,12H,1-2H3. The molecule has 4 heteroatoms. The molecule has 0 nitrogen and oxygen atoms in total. The Morgan fingerprint density at radius 1 is 1.29 bits per heavy atom. The van der Waals surface area contributed by atoms with Crippen molar-refractivity contribution >= 4 is 50.5 Å². The highest BCUT2D eigenvalue weighted by atomic mass is 79.9. The SMILES string of the molecule is Cc1cc(C(Cl)c2cccc(Cl)c2C)sc1Br. The molecule has 0 aliphatic carbocycles. The van der Waals surface area contributed by atoms with Gasteiger partial charge in [-0.2, -0.15) is 0 Å². The van der Waals surface area contributed by atoms with E-state index < -0.39 is 0 Å². The fourth-order valence-electron chi connectivity index (χ4n) is 1.66. The highest BCUT2D eigenvalue weighted by Crippen LogP contribution is 2.39. The molecule has 0 aliphatic rings. The monoisotopic (exact) mass is 348 g/mol. The third kappa shape index (κ3) is 2.70. The van der Waals surface area contributed by atoms with Gasteiger partial charge in [0.05, 0.1) is 9.16 Å². The average molecular weight is 350 g/mol. The topological polar surface area (TPSA) is 0 Å². The van der Waals surface area contributed by atoms with Crippen molar-refractivity contribution in [2.24, 2.45) is 0 Å². The maximum atomic E-state index is 6.53. The van der Waals surface area contributed by atoms with Gasteiger partial charge in [-0.25, -0.2) is 0 Å². The molecule has 0 N–H and O–H groups in total. The Kier molecular flexibility index (Phi) is 4.19. The molecule has 0 radical (unpaired) electrons. The van der Waals surface area contributed by atoms with Crippen LogP contribution >= 0.6 is 50.5 Å². The van der Waals surface area contributed by atoms with Crippen LogP contribution in [0, 0.1) is 13.8 Å². The van der Waals surface area contributed by atoms with E-state index in [0.717, 1.165) is 24.8 Å². The molecule has 0 bridgehead atoms. The predicted molar refractivity (Wildman–Crippen MR) is 80.6 cm³/mol. The van der Waals surface area contributed by atoms with E-state index in [-0.39, 0.29) is 5.38 Å². The fourth-order valence-corrected chi connectivity index (χ4v) is 3.84. The van der Waals surface area contributed by atoms with Crippen LogP contribution in [0.25, 0.3) is 0 Å². The summed E-state index contributed by atoms with van der Waals surface area (Å²) in [5.74, 6) is 0. The molecular formula is C13H11BrCl2S. The third-order valence-corrected chi connectivity index (χ3v) is 5.92. The van der Waals surface area contributed by atoms with Crippen molar-refractivity contribution in [1.82, 2.24) is 0 Å². The van der Waals surface area contributed by atoms with E-state index in [1.807, 2.05) is 25.1 Å². The summed E-state index contributed by atoms with van der Waals surface area (Å²) in [6.07, 6.45) is 0. The highest BCUT2D eigenvalue weighted by Gasteiger charge is 2.17. The summed E-state index contributed by atoms with van der Waals surface area (Å²) in [5.41, 5.74) is 3.35. The minimum absolute atomic E-state index is 0.135. The lowest BCUT2D eigenvalue weighted by Crippen LogP contribution is -1.94. The van der Waals surface area contributed by atoms with E-state index in [9.17, 15) is 0 Å². The van der Waals surface area contributed by atoms with Crippen LogP contribution in [0.2, 0.25) is 5.02 Å². The van der Waals surface area contributed by atoms with E-state index >= 15 is 0 Å². The summed E-state index contributed by atoms with van der Waals surface area (Å²) in [4.78, 5) is 1.14. The second kappa shape index (κ2) is 5.31. The first kappa shape index (κ1) is 13.4. The van der Waals surface area contributed by atoms with Crippen LogP contribution in [0.15, 0.2) is 28.1 Å². The van der Waals surface area contributed by atoms with E-state index in [0.29, 0.717) is 0 Å². The molecule has 90 valence electrons. The maximum absolute atomic E-state index is 6.53. The van der Waals surface area contributed by atoms with Gasteiger partial charge in [-0.05, 0) is 58.6 Å². The van der Waals surface area contributed by atoms with Gasteiger partial charge in [-0.15, -0.1) is 22.9 Å². The number of rotatable bonds is 2. The summed E-state index contributed by atoms with van der Waals surface area (Å²) < 4.78 is 1.14. The Morgan fingerprint density at radius 2 is 2.00 bits per heavy atom. The van der Waals surface area contributed by atoms with Gasteiger partial charge in [-0.1, -0.05) is 23.7 Å². The Balaban J connectivity index is 2.43. The quantitative estimate of drug-likeness (QED) is 0.574. The molecule has 2 aromatic rings. The predicted octanol–water partition coefficient (Wildman–Crippen LogP) is 6.11. The van der Waals surface area contributed by atoms with Crippen molar-refractivity contribution in [2.45, 2.75) is 19.2 Å². The summed E-state index contributed by atoms with van der Waals surface area (Å²) in [7, 11) is 0. The molecule has 1 unspecified atom stereocenters. The summed E-state index contributed by atoms with van der Waals surface area (Å²) >= 11 is 17.8. The van der Waals surface area contributed by atoms with Crippen molar-refractivity contribution < 1.29 is 0 Å². The first-order chi connectivity index (χ1) is 8.00. The van der Waals surface area contributed by atoms with Crippen LogP contribution in [0.5, 0.6) is 0 Å². The Hall–Kier alpha value is -0.0200. The Bertz CT molecular complexity index is 529. The molecule has 0 saturated heterocycles. The normalized spacial score (nSPS) is 12.8. The van der Waals surface area contributed by atoms with Crippen molar-refractivity contribution in [3.05, 3.63) is 54.6 Å². The lowest BCUT2D eigenvalue weighted by atomic mass is 10.0. The van der Waals surface area contributed by atoms with Crippen LogP contribution in [-0.2, 0) is 0 Å². The Morgan fingerprint density at radius 3 is 2.59 bits per heavy atom. The van der Waals surface area contributed by atoms with Gasteiger partial charge in [0.25, 0.3) is 0 Å². The molecule has 17 heavy (non-hydrogen) atoms.